The van der Waals surface area contributed by atoms with E-state index in [0.717, 1.165) is 18.8 Å². The van der Waals surface area contributed by atoms with Gasteiger partial charge in [-0.15, -0.1) is 0 Å². The number of piperidine rings is 1. The molecule has 4 nitrogen and oxygen atoms in total. The third-order valence-electron chi connectivity index (χ3n) is 3.87. The number of halogens is 1. The van der Waals surface area contributed by atoms with Gasteiger partial charge in [-0.3, -0.25) is 0 Å². The quantitative estimate of drug-likeness (QED) is 0.913. The molecule has 0 aliphatic carbocycles. The molecule has 0 bridgehead atoms. The summed E-state index contributed by atoms with van der Waals surface area (Å²) in [6, 6.07) is 9.64. The van der Waals surface area contributed by atoms with Gasteiger partial charge in [0.05, 0.1) is 6.61 Å². The predicted octanol–water partition coefficient (Wildman–Crippen LogP) is 3.70. The highest BCUT2D eigenvalue weighted by atomic mass is 19.1. The highest BCUT2D eigenvalue weighted by Crippen LogP contribution is 2.30. The van der Waals surface area contributed by atoms with E-state index in [-0.39, 0.29) is 5.82 Å². The maximum atomic E-state index is 13.0. The number of hydrogen-bond donors (Lipinski definition) is 1. The second kappa shape index (κ2) is 7.42. The Morgan fingerprint density at radius 1 is 1.22 bits per heavy atom. The Hall–Kier alpha value is -2.14. The van der Waals surface area contributed by atoms with Crippen molar-refractivity contribution in [2.24, 2.45) is 5.92 Å². The summed E-state index contributed by atoms with van der Waals surface area (Å²) in [4.78, 5) is 4.40. The molecule has 0 unspecified atom stereocenters. The number of nitrogens with one attached hydrogen (secondary N) is 1. The summed E-state index contributed by atoms with van der Waals surface area (Å²) in [5.41, 5.74) is 0.841. The van der Waals surface area contributed by atoms with Gasteiger partial charge in [-0.05, 0) is 62.7 Å². The molecule has 1 saturated heterocycles. The smallest absolute Gasteiger partial charge is 0.262 e. The minimum Gasteiger partial charge on any atom is -0.488 e. The van der Waals surface area contributed by atoms with Gasteiger partial charge in [0.2, 0.25) is 0 Å². The number of hydrogen-bond acceptors (Lipinski definition) is 4. The van der Waals surface area contributed by atoms with E-state index in [1.165, 1.54) is 25.0 Å². The Morgan fingerprint density at radius 2 is 2.04 bits per heavy atom. The molecule has 2 aromatic rings. The van der Waals surface area contributed by atoms with Gasteiger partial charge >= 0.3 is 0 Å². The third-order valence-corrected chi connectivity index (χ3v) is 3.87. The van der Waals surface area contributed by atoms with Crippen LogP contribution in [0.1, 0.15) is 18.5 Å². The van der Waals surface area contributed by atoms with Crippen LogP contribution in [0.25, 0.3) is 0 Å². The largest absolute Gasteiger partial charge is 0.488 e. The second-order valence-electron chi connectivity index (χ2n) is 5.84. The lowest BCUT2D eigenvalue weighted by Crippen LogP contribution is -2.33. The Morgan fingerprint density at radius 3 is 2.78 bits per heavy atom. The molecule has 0 radical (unpaired) electrons. The number of rotatable bonds is 5. The van der Waals surface area contributed by atoms with E-state index in [1.807, 2.05) is 19.1 Å². The number of benzene rings is 1. The summed E-state index contributed by atoms with van der Waals surface area (Å²) in [6.07, 6.45) is 2.35. The van der Waals surface area contributed by atoms with Crippen molar-refractivity contribution in [3.63, 3.8) is 0 Å². The fraction of sp³-hybridized carbons (Fsp3) is 0.389. The molecule has 0 saturated carbocycles. The summed E-state index contributed by atoms with van der Waals surface area (Å²) in [6.45, 7) is 4.60. The SMILES string of the molecule is Cc1ccc(OC[C@H]2CCCNC2)c(Oc2ccc(F)cc2)n1. The summed E-state index contributed by atoms with van der Waals surface area (Å²) in [5, 5.41) is 3.38. The minimum absolute atomic E-state index is 0.296. The van der Waals surface area contributed by atoms with E-state index in [9.17, 15) is 4.39 Å². The van der Waals surface area contributed by atoms with Gasteiger partial charge in [0.1, 0.15) is 11.6 Å². The first-order valence-electron chi connectivity index (χ1n) is 7.95. The fourth-order valence-corrected chi connectivity index (χ4v) is 2.59. The van der Waals surface area contributed by atoms with Crippen molar-refractivity contribution in [2.45, 2.75) is 19.8 Å². The molecule has 1 aromatic carbocycles. The van der Waals surface area contributed by atoms with Crippen LogP contribution in [0.15, 0.2) is 36.4 Å². The molecule has 1 aliphatic heterocycles. The second-order valence-corrected chi connectivity index (χ2v) is 5.84. The van der Waals surface area contributed by atoms with Crippen LogP contribution < -0.4 is 14.8 Å². The van der Waals surface area contributed by atoms with Crippen molar-refractivity contribution in [3.05, 3.63) is 47.9 Å². The van der Waals surface area contributed by atoms with Crippen LogP contribution >= 0.6 is 0 Å². The first-order valence-corrected chi connectivity index (χ1v) is 7.95. The lowest BCUT2D eigenvalue weighted by molar-refractivity contribution is 0.211. The normalized spacial score (nSPS) is 17.7. The van der Waals surface area contributed by atoms with Gasteiger partial charge in [0, 0.05) is 18.2 Å². The van der Waals surface area contributed by atoms with E-state index < -0.39 is 0 Å². The zero-order chi connectivity index (χ0) is 16.1. The molecule has 23 heavy (non-hydrogen) atoms. The molecule has 1 aromatic heterocycles. The average Bonchev–Trinajstić information content (AvgIpc) is 2.57. The lowest BCUT2D eigenvalue weighted by atomic mass is 10.0. The van der Waals surface area contributed by atoms with Gasteiger partial charge < -0.3 is 14.8 Å². The minimum atomic E-state index is -0.296. The molecule has 1 fully saturated rings. The topological polar surface area (TPSA) is 43.4 Å². The molecule has 122 valence electrons. The van der Waals surface area contributed by atoms with Crippen molar-refractivity contribution < 1.29 is 13.9 Å². The Labute approximate surface area is 135 Å². The van der Waals surface area contributed by atoms with Crippen LogP contribution in [0.4, 0.5) is 4.39 Å². The molecular weight excluding hydrogens is 295 g/mol. The van der Waals surface area contributed by atoms with Crippen molar-refractivity contribution in [3.8, 4) is 17.4 Å². The maximum absolute atomic E-state index is 13.0. The molecule has 1 aliphatic rings. The number of ether oxygens (including phenoxy) is 2. The van der Waals surface area contributed by atoms with Gasteiger partial charge in [-0.2, -0.15) is 0 Å². The summed E-state index contributed by atoms with van der Waals surface area (Å²) in [5.74, 6) is 1.78. The monoisotopic (exact) mass is 316 g/mol. The molecular formula is C18H21FN2O2. The van der Waals surface area contributed by atoms with Gasteiger partial charge in [0.15, 0.2) is 5.75 Å². The average molecular weight is 316 g/mol. The fourth-order valence-electron chi connectivity index (χ4n) is 2.59. The van der Waals surface area contributed by atoms with E-state index >= 15 is 0 Å². The van der Waals surface area contributed by atoms with Crippen LogP contribution in [0.2, 0.25) is 0 Å². The molecule has 2 heterocycles. The summed E-state index contributed by atoms with van der Waals surface area (Å²) in [7, 11) is 0. The lowest BCUT2D eigenvalue weighted by Gasteiger charge is -2.23. The van der Waals surface area contributed by atoms with Crippen LogP contribution in [0.3, 0.4) is 0 Å². The molecule has 1 atom stereocenters. The van der Waals surface area contributed by atoms with Crippen molar-refractivity contribution >= 4 is 0 Å². The van der Waals surface area contributed by atoms with E-state index in [4.69, 9.17) is 9.47 Å². The van der Waals surface area contributed by atoms with Crippen LogP contribution in [0, 0.1) is 18.7 Å². The number of aryl methyl sites for hydroxylation is 1. The third kappa shape index (κ3) is 4.42. The number of nitrogens with zero attached hydrogens (tertiary/aromatic N) is 1. The first-order chi connectivity index (χ1) is 11.2. The van der Waals surface area contributed by atoms with Crippen molar-refractivity contribution in [1.29, 1.82) is 0 Å². The summed E-state index contributed by atoms with van der Waals surface area (Å²) >= 11 is 0. The molecule has 5 heteroatoms. The predicted molar refractivity (Wildman–Crippen MR) is 86.5 cm³/mol. The zero-order valence-electron chi connectivity index (χ0n) is 13.2. The standard InChI is InChI=1S/C18H21FN2O2/c1-13-4-9-17(22-12-14-3-2-10-20-11-14)18(21-13)23-16-7-5-15(19)6-8-16/h4-9,14,20H,2-3,10-12H2,1H3/t14-/m0/s1. The molecule has 3 rings (SSSR count). The van der Waals surface area contributed by atoms with Crippen LogP contribution in [0.5, 0.6) is 17.4 Å². The first kappa shape index (κ1) is 15.7. The molecule has 1 N–H and O–H groups in total. The van der Waals surface area contributed by atoms with Gasteiger partial charge in [-0.1, -0.05) is 0 Å². The Balaban J connectivity index is 1.70. The van der Waals surface area contributed by atoms with Crippen LogP contribution in [-0.2, 0) is 0 Å². The van der Waals surface area contributed by atoms with E-state index in [1.54, 1.807) is 12.1 Å². The van der Waals surface area contributed by atoms with Gasteiger partial charge in [-0.25, -0.2) is 9.37 Å². The molecule has 0 spiro atoms. The van der Waals surface area contributed by atoms with E-state index in [2.05, 4.69) is 10.3 Å². The zero-order valence-corrected chi connectivity index (χ0v) is 13.2. The number of pyridine rings is 1. The Bertz CT molecular complexity index is 640. The van der Waals surface area contributed by atoms with Gasteiger partial charge in [0.25, 0.3) is 5.88 Å². The van der Waals surface area contributed by atoms with E-state index in [0.29, 0.717) is 29.9 Å². The van der Waals surface area contributed by atoms with Crippen molar-refractivity contribution in [1.82, 2.24) is 10.3 Å². The van der Waals surface area contributed by atoms with Crippen molar-refractivity contribution in [2.75, 3.05) is 19.7 Å². The molecule has 0 amide bonds. The Kier molecular flexibility index (Phi) is 5.08. The highest BCUT2D eigenvalue weighted by Gasteiger charge is 2.16. The maximum Gasteiger partial charge on any atom is 0.262 e. The highest BCUT2D eigenvalue weighted by molar-refractivity contribution is 5.38. The number of aromatic nitrogens is 1. The van der Waals surface area contributed by atoms with Crippen LogP contribution in [-0.4, -0.2) is 24.7 Å². The summed E-state index contributed by atoms with van der Waals surface area (Å²) < 4.78 is 24.7.